The topological polar surface area (TPSA) is 104 Å². The largest absolute Gasteiger partial charge is 0.478 e. The maximum atomic E-state index is 12.5. The summed E-state index contributed by atoms with van der Waals surface area (Å²) in [5, 5.41) is 11.6. The van der Waals surface area contributed by atoms with Crippen molar-refractivity contribution in [3.8, 4) is 0 Å². The molecule has 25 heavy (non-hydrogen) atoms. The number of carbonyl (C=O) groups is 2. The van der Waals surface area contributed by atoms with Gasteiger partial charge in [0.25, 0.3) is 0 Å². The molecule has 9 heteroatoms. The Kier molecular flexibility index (Phi) is 6.42. The third-order valence-corrected chi connectivity index (χ3v) is 6.36. The first-order valence-corrected chi connectivity index (χ1v) is 10.1. The number of sulfonamides is 1. The molecule has 7 nitrogen and oxygen atoms in total. The molecule has 0 aromatic heterocycles. The number of carboxylic acid groups (broad SMARTS) is 1. The molecule has 1 atom stereocenters. The summed E-state index contributed by atoms with van der Waals surface area (Å²) < 4.78 is 26.1. The Balaban J connectivity index is 2.12. The molecule has 1 unspecified atom stereocenters. The van der Waals surface area contributed by atoms with Crippen LogP contribution in [0.1, 0.15) is 43.0 Å². The summed E-state index contributed by atoms with van der Waals surface area (Å²) in [6.07, 6.45) is 2.40. The van der Waals surface area contributed by atoms with Crippen molar-refractivity contribution in [2.75, 3.05) is 17.6 Å². The molecule has 1 aliphatic rings. The van der Waals surface area contributed by atoms with E-state index >= 15 is 0 Å². The van der Waals surface area contributed by atoms with Crippen LogP contribution in [-0.4, -0.2) is 48.0 Å². The van der Waals surface area contributed by atoms with Gasteiger partial charge in [0.05, 0.1) is 16.3 Å². The Morgan fingerprint density at radius 2 is 2.12 bits per heavy atom. The Morgan fingerprint density at radius 3 is 2.72 bits per heavy atom. The summed E-state index contributed by atoms with van der Waals surface area (Å²) >= 11 is 5.89. The van der Waals surface area contributed by atoms with Gasteiger partial charge in [-0.1, -0.05) is 24.9 Å². The van der Waals surface area contributed by atoms with Crippen molar-refractivity contribution in [2.45, 2.75) is 38.6 Å². The molecule has 138 valence electrons. The molecule has 1 amide bonds. The average Bonchev–Trinajstić information content (AvgIpc) is 3.03. The van der Waals surface area contributed by atoms with Crippen molar-refractivity contribution >= 4 is 39.2 Å². The van der Waals surface area contributed by atoms with Crippen LogP contribution in [0.2, 0.25) is 5.02 Å². The number of rotatable bonds is 7. The summed E-state index contributed by atoms with van der Waals surface area (Å²) in [5.74, 6) is -1.56. The lowest BCUT2D eigenvalue weighted by Gasteiger charge is -2.23. The van der Waals surface area contributed by atoms with Gasteiger partial charge in [0.2, 0.25) is 15.9 Å². The lowest BCUT2D eigenvalue weighted by Crippen LogP contribution is -2.44. The number of nitrogens with zero attached hydrogens (tertiary/aromatic N) is 1. The van der Waals surface area contributed by atoms with Crippen molar-refractivity contribution in [3.63, 3.8) is 0 Å². The summed E-state index contributed by atoms with van der Waals surface area (Å²) in [6, 6.07) is 3.32. The van der Waals surface area contributed by atoms with E-state index in [-0.39, 0.29) is 16.3 Å². The molecule has 1 aromatic carbocycles. The van der Waals surface area contributed by atoms with Crippen molar-refractivity contribution < 1.29 is 23.1 Å². The number of amides is 1. The quantitative estimate of drug-likeness (QED) is 0.747. The number of hydrogen-bond acceptors (Lipinski definition) is 4. The second kappa shape index (κ2) is 8.16. The maximum absolute atomic E-state index is 12.5. The smallest absolute Gasteiger partial charge is 0.337 e. The molecule has 1 fully saturated rings. The number of halogens is 1. The summed E-state index contributed by atoms with van der Waals surface area (Å²) in [7, 11) is -3.47. The van der Waals surface area contributed by atoms with Gasteiger partial charge >= 0.3 is 5.97 Å². The molecule has 0 aliphatic carbocycles. The van der Waals surface area contributed by atoms with Crippen molar-refractivity contribution in [3.05, 3.63) is 28.8 Å². The summed E-state index contributed by atoms with van der Waals surface area (Å²) in [6.45, 7) is 2.25. The predicted octanol–water partition coefficient (Wildman–Crippen LogP) is 2.57. The van der Waals surface area contributed by atoms with Gasteiger partial charge in [-0.25, -0.2) is 13.2 Å². The van der Waals surface area contributed by atoms with Crippen LogP contribution >= 0.6 is 11.6 Å². The number of unbranched alkanes of at least 4 members (excludes halogenated alkanes) is 1. The first-order chi connectivity index (χ1) is 11.8. The molecule has 1 aromatic rings. The fourth-order valence-electron chi connectivity index (χ4n) is 2.77. The van der Waals surface area contributed by atoms with Crippen molar-refractivity contribution in [2.24, 2.45) is 0 Å². The van der Waals surface area contributed by atoms with E-state index in [1.54, 1.807) is 0 Å². The van der Waals surface area contributed by atoms with Crippen LogP contribution < -0.4 is 5.32 Å². The van der Waals surface area contributed by atoms with Crippen LogP contribution in [0.15, 0.2) is 18.2 Å². The van der Waals surface area contributed by atoms with Gasteiger partial charge in [-0.15, -0.1) is 0 Å². The Hall–Kier alpha value is -1.64. The van der Waals surface area contributed by atoms with Gasteiger partial charge in [-0.05, 0) is 37.5 Å². The fourth-order valence-corrected chi connectivity index (χ4v) is 4.92. The minimum Gasteiger partial charge on any atom is -0.478 e. The molecular formula is C16H21ClN2O5S. The van der Waals surface area contributed by atoms with Crippen LogP contribution in [0, 0.1) is 0 Å². The summed E-state index contributed by atoms with van der Waals surface area (Å²) in [5.41, 5.74) is 0.266. The van der Waals surface area contributed by atoms with Gasteiger partial charge in [0, 0.05) is 12.2 Å². The van der Waals surface area contributed by atoms with E-state index in [1.165, 1.54) is 22.5 Å². The molecule has 0 saturated carbocycles. The molecule has 1 aliphatic heterocycles. The van der Waals surface area contributed by atoms with Crippen LogP contribution in [-0.2, 0) is 14.8 Å². The van der Waals surface area contributed by atoms with Gasteiger partial charge in [0.1, 0.15) is 6.04 Å². The zero-order valence-electron chi connectivity index (χ0n) is 13.9. The highest BCUT2D eigenvalue weighted by atomic mass is 35.5. The molecule has 1 saturated heterocycles. The lowest BCUT2D eigenvalue weighted by molar-refractivity contribution is -0.119. The minimum absolute atomic E-state index is 0.00384. The number of aromatic carboxylic acids is 1. The Labute approximate surface area is 152 Å². The predicted molar refractivity (Wildman–Crippen MR) is 95.5 cm³/mol. The van der Waals surface area contributed by atoms with Gasteiger partial charge in [0.15, 0.2) is 0 Å². The number of carboxylic acids is 1. The highest BCUT2D eigenvalue weighted by Gasteiger charge is 2.38. The molecule has 1 heterocycles. The van der Waals surface area contributed by atoms with Crippen LogP contribution in [0.5, 0.6) is 0 Å². The standard InChI is InChI=1S/C16H21ClN2O5S/c1-2-3-9-25(23,24)19-8-4-5-14(19)15(20)18-11-6-7-12(16(21)22)13(17)10-11/h6-7,10,14H,2-5,8-9H2,1H3,(H,18,20)(H,21,22). The van der Waals surface area contributed by atoms with E-state index in [0.717, 1.165) is 6.42 Å². The number of hydrogen-bond donors (Lipinski definition) is 2. The fraction of sp³-hybridized carbons (Fsp3) is 0.500. The van der Waals surface area contributed by atoms with Gasteiger partial charge < -0.3 is 10.4 Å². The molecular weight excluding hydrogens is 368 g/mol. The third-order valence-electron chi connectivity index (χ3n) is 4.09. The van der Waals surface area contributed by atoms with Crippen LogP contribution in [0.25, 0.3) is 0 Å². The number of benzene rings is 1. The number of carbonyl (C=O) groups excluding carboxylic acids is 1. The van der Waals surface area contributed by atoms with E-state index in [1.807, 2.05) is 6.92 Å². The molecule has 2 N–H and O–H groups in total. The zero-order chi connectivity index (χ0) is 18.6. The zero-order valence-corrected chi connectivity index (χ0v) is 15.4. The first-order valence-electron chi connectivity index (χ1n) is 8.09. The third kappa shape index (κ3) is 4.71. The lowest BCUT2D eigenvalue weighted by atomic mass is 10.2. The van der Waals surface area contributed by atoms with Crippen molar-refractivity contribution in [1.29, 1.82) is 0 Å². The van der Waals surface area contributed by atoms with Crippen molar-refractivity contribution in [1.82, 2.24) is 4.31 Å². The minimum atomic E-state index is -3.47. The monoisotopic (exact) mass is 388 g/mol. The highest BCUT2D eigenvalue weighted by molar-refractivity contribution is 7.89. The van der Waals surface area contributed by atoms with Gasteiger partial charge in [-0.3, -0.25) is 4.79 Å². The second-order valence-corrected chi connectivity index (χ2v) is 8.38. The Bertz CT molecular complexity index is 766. The normalized spacial score (nSPS) is 18.2. The summed E-state index contributed by atoms with van der Waals surface area (Å²) in [4.78, 5) is 23.5. The van der Waals surface area contributed by atoms with E-state index in [2.05, 4.69) is 5.32 Å². The maximum Gasteiger partial charge on any atom is 0.337 e. The number of anilines is 1. The van der Waals surface area contributed by atoms with E-state index in [0.29, 0.717) is 31.5 Å². The SMILES string of the molecule is CCCCS(=O)(=O)N1CCCC1C(=O)Nc1ccc(C(=O)O)c(Cl)c1. The molecule has 0 radical (unpaired) electrons. The highest BCUT2D eigenvalue weighted by Crippen LogP contribution is 2.25. The van der Waals surface area contributed by atoms with Crippen LogP contribution in [0.4, 0.5) is 5.69 Å². The van der Waals surface area contributed by atoms with Gasteiger partial charge in [-0.2, -0.15) is 4.31 Å². The average molecular weight is 389 g/mol. The second-order valence-electron chi connectivity index (χ2n) is 5.93. The van der Waals surface area contributed by atoms with E-state index < -0.39 is 27.9 Å². The first kappa shape index (κ1) is 19.7. The van der Waals surface area contributed by atoms with E-state index in [9.17, 15) is 18.0 Å². The van der Waals surface area contributed by atoms with E-state index in [4.69, 9.17) is 16.7 Å². The Morgan fingerprint density at radius 1 is 1.40 bits per heavy atom. The number of nitrogens with one attached hydrogen (secondary N) is 1. The molecule has 0 bridgehead atoms. The molecule has 2 rings (SSSR count). The van der Waals surface area contributed by atoms with Crippen LogP contribution in [0.3, 0.4) is 0 Å². The molecule has 0 spiro atoms.